The number of rotatable bonds is 6. The lowest BCUT2D eigenvalue weighted by atomic mass is 9.97. The van der Waals surface area contributed by atoms with Crippen molar-refractivity contribution in [2.75, 3.05) is 19.6 Å². The Bertz CT molecular complexity index is 683. The van der Waals surface area contributed by atoms with Gasteiger partial charge in [-0.05, 0) is 49.4 Å². The van der Waals surface area contributed by atoms with Gasteiger partial charge in [-0.3, -0.25) is 9.69 Å². The van der Waals surface area contributed by atoms with Gasteiger partial charge in [0.15, 0.2) is 0 Å². The van der Waals surface area contributed by atoms with E-state index in [1.807, 2.05) is 12.1 Å². The highest BCUT2D eigenvalue weighted by molar-refractivity contribution is 5.82. The number of nitrogens with zero attached hydrogens (tertiary/aromatic N) is 1. The van der Waals surface area contributed by atoms with Gasteiger partial charge in [-0.1, -0.05) is 30.3 Å². The number of benzene rings is 1. The maximum atomic E-state index is 12.4. The van der Waals surface area contributed by atoms with Crippen LogP contribution in [0.25, 0.3) is 0 Å². The zero-order valence-electron chi connectivity index (χ0n) is 14.6. The van der Waals surface area contributed by atoms with Gasteiger partial charge < -0.3 is 9.73 Å². The molecule has 0 spiro atoms. The van der Waals surface area contributed by atoms with E-state index < -0.39 is 0 Å². The van der Waals surface area contributed by atoms with E-state index in [2.05, 4.69) is 40.5 Å². The number of furan rings is 1. The molecule has 2 aromatic rings. The lowest BCUT2D eigenvalue weighted by Crippen LogP contribution is -2.41. The van der Waals surface area contributed by atoms with Crippen LogP contribution in [0.4, 0.5) is 0 Å². The Kier molecular flexibility index (Phi) is 4.88. The summed E-state index contributed by atoms with van der Waals surface area (Å²) in [6, 6.07) is 14.5. The third kappa shape index (κ3) is 4.13. The molecule has 1 saturated carbocycles. The largest absolute Gasteiger partial charge is 0.469 e. The van der Waals surface area contributed by atoms with Crippen LogP contribution in [0, 0.1) is 11.8 Å². The molecule has 25 heavy (non-hydrogen) atoms. The molecule has 0 unspecified atom stereocenters. The molecule has 1 aliphatic carbocycles. The van der Waals surface area contributed by atoms with Crippen LogP contribution in [0.2, 0.25) is 0 Å². The zero-order valence-corrected chi connectivity index (χ0v) is 14.6. The van der Waals surface area contributed by atoms with Crippen molar-refractivity contribution in [3.63, 3.8) is 0 Å². The molecule has 4 heteroatoms. The monoisotopic (exact) mass is 338 g/mol. The first-order valence-corrected chi connectivity index (χ1v) is 9.37. The Morgan fingerprint density at radius 2 is 2.08 bits per heavy atom. The number of likely N-dealkylation sites (tertiary alicyclic amines) is 1. The maximum Gasteiger partial charge on any atom is 0.223 e. The van der Waals surface area contributed by atoms with Gasteiger partial charge in [0.2, 0.25) is 5.91 Å². The normalized spacial score (nSPS) is 26.3. The van der Waals surface area contributed by atoms with Gasteiger partial charge in [-0.15, -0.1) is 0 Å². The quantitative estimate of drug-likeness (QED) is 0.878. The van der Waals surface area contributed by atoms with Crippen molar-refractivity contribution < 1.29 is 9.21 Å². The maximum absolute atomic E-state index is 12.4. The Hall–Kier alpha value is -2.07. The molecule has 1 N–H and O–H groups in total. The number of hydrogen-bond donors (Lipinski definition) is 1. The van der Waals surface area contributed by atoms with Crippen molar-refractivity contribution in [2.45, 2.75) is 31.7 Å². The SMILES string of the molecule is O=C(NC[C@@H]1CCCN(Cc2ccccc2)C1)[C@@H]1C[C@@H]1c1ccco1. The second-order valence-corrected chi connectivity index (χ2v) is 7.44. The molecule has 0 bridgehead atoms. The molecular weight excluding hydrogens is 312 g/mol. The summed E-state index contributed by atoms with van der Waals surface area (Å²) < 4.78 is 5.42. The third-order valence-electron chi connectivity index (χ3n) is 5.45. The zero-order chi connectivity index (χ0) is 17.1. The van der Waals surface area contributed by atoms with Crippen molar-refractivity contribution >= 4 is 5.91 Å². The molecule has 1 aliphatic heterocycles. The summed E-state index contributed by atoms with van der Waals surface area (Å²) in [5, 5.41) is 3.18. The first-order chi connectivity index (χ1) is 12.3. The summed E-state index contributed by atoms with van der Waals surface area (Å²) in [7, 11) is 0. The van der Waals surface area contributed by atoms with E-state index in [1.165, 1.54) is 18.4 Å². The Morgan fingerprint density at radius 3 is 2.88 bits per heavy atom. The average molecular weight is 338 g/mol. The second-order valence-electron chi connectivity index (χ2n) is 7.44. The molecule has 0 radical (unpaired) electrons. The molecule has 1 saturated heterocycles. The van der Waals surface area contributed by atoms with Crippen LogP contribution in [0.1, 0.15) is 36.5 Å². The predicted octanol–water partition coefficient (Wildman–Crippen LogP) is 3.41. The van der Waals surface area contributed by atoms with Gasteiger partial charge in [0.25, 0.3) is 0 Å². The van der Waals surface area contributed by atoms with E-state index in [1.54, 1.807) is 6.26 Å². The number of carbonyl (C=O) groups excluding carboxylic acids is 1. The summed E-state index contributed by atoms with van der Waals surface area (Å²) >= 11 is 0. The molecule has 132 valence electrons. The number of amides is 1. The smallest absolute Gasteiger partial charge is 0.223 e. The summed E-state index contributed by atoms with van der Waals surface area (Å²) in [6.45, 7) is 4.03. The minimum absolute atomic E-state index is 0.107. The van der Waals surface area contributed by atoms with E-state index in [4.69, 9.17) is 4.42 Å². The lowest BCUT2D eigenvalue weighted by molar-refractivity contribution is -0.122. The van der Waals surface area contributed by atoms with Gasteiger partial charge in [-0.25, -0.2) is 0 Å². The highest BCUT2D eigenvalue weighted by atomic mass is 16.3. The predicted molar refractivity (Wildman–Crippen MR) is 97.0 cm³/mol. The van der Waals surface area contributed by atoms with E-state index in [-0.39, 0.29) is 17.7 Å². The fourth-order valence-electron chi connectivity index (χ4n) is 3.98. The third-order valence-corrected chi connectivity index (χ3v) is 5.45. The van der Waals surface area contributed by atoms with E-state index in [9.17, 15) is 4.79 Å². The lowest BCUT2D eigenvalue weighted by Gasteiger charge is -2.32. The molecule has 2 fully saturated rings. The molecule has 1 amide bonds. The minimum atomic E-state index is 0.107. The number of piperidine rings is 1. The highest BCUT2D eigenvalue weighted by Crippen LogP contribution is 2.47. The van der Waals surface area contributed by atoms with Gasteiger partial charge >= 0.3 is 0 Å². The van der Waals surface area contributed by atoms with Crippen LogP contribution in [0.15, 0.2) is 53.1 Å². The first kappa shape index (κ1) is 16.4. The molecule has 3 atom stereocenters. The van der Waals surface area contributed by atoms with Gasteiger partial charge in [0.1, 0.15) is 5.76 Å². The van der Waals surface area contributed by atoms with Crippen molar-refractivity contribution in [2.24, 2.45) is 11.8 Å². The van der Waals surface area contributed by atoms with Gasteiger partial charge in [0.05, 0.1) is 6.26 Å². The van der Waals surface area contributed by atoms with Crippen molar-refractivity contribution in [1.82, 2.24) is 10.2 Å². The molecule has 4 rings (SSSR count). The fraction of sp³-hybridized carbons (Fsp3) is 0.476. The number of nitrogens with one attached hydrogen (secondary N) is 1. The standard InChI is InChI=1S/C21H26N2O2/c24-21(19-12-18(19)20-9-5-11-25-20)22-13-17-8-4-10-23(15-17)14-16-6-2-1-3-7-16/h1-3,5-7,9,11,17-19H,4,8,10,12-15H2,(H,22,24)/t17-,18-,19+/m0/s1. The van der Waals surface area contributed by atoms with Gasteiger partial charge in [-0.2, -0.15) is 0 Å². The molecular formula is C21H26N2O2. The van der Waals surface area contributed by atoms with Crippen molar-refractivity contribution in [1.29, 1.82) is 0 Å². The Morgan fingerprint density at radius 1 is 1.20 bits per heavy atom. The molecule has 2 aliphatic rings. The summed E-state index contributed by atoms with van der Waals surface area (Å²) in [6.07, 6.45) is 5.03. The topological polar surface area (TPSA) is 45.5 Å². The van der Waals surface area contributed by atoms with Crippen LogP contribution in [-0.2, 0) is 11.3 Å². The molecule has 2 heterocycles. The first-order valence-electron chi connectivity index (χ1n) is 9.37. The van der Waals surface area contributed by atoms with E-state index in [0.29, 0.717) is 5.92 Å². The van der Waals surface area contributed by atoms with Crippen LogP contribution >= 0.6 is 0 Å². The van der Waals surface area contributed by atoms with E-state index in [0.717, 1.165) is 38.4 Å². The van der Waals surface area contributed by atoms with E-state index >= 15 is 0 Å². The van der Waals surface area contributed by atoms with Gasteiger partial charge in [0, 0.05) is 31.5 Å². The molecule has 4 nitrogen and oxygen atoms in total. The summed E-state index contributed by atoms with van der Waals surface area (Å²) in [5.74, 6) is 2.10. The van der Waals surface area contributed by atoms with Crippen LogP contribution in [0.5, 0.6) is 0 Å². The Labute approximate surface area is 149 Å². The number of carbonyl (C=O) groups is 1. The second kappa shape index (κ2) is 7.44. The minimum Gasteiger partial charge on any atom is -0.469 e. The number of hydrogen-bond acceptors (Lipinski definition) is 3. The highest BCUT2D eigenvalue weighted by Gasteiger charge is 2.45. The summed E-state index contributed by atoms with van der Waals surface area (Å²) in [4.78, 5) is 14.9. The van der Waals surface area contributed by atoms with Crippen molar-refractivity contribution in [3.05, 3.63) is 60.1 Å². The average Bonchev–Trinajstić information content (AvgIpc) is 3.26. The van der Waals surface area contributed by atoms with Crippen LogP contribution < -0.4 is 5.32 Å². The summed E-state index contributed by atoms with van der Waals surface area (Å²) in [5.41, 5.74) is 1.37. The Balaban J connectivity index is 1.22. The van der Waals surface area contributed by atoms with Crippen LogP contribution in [0.3, 0.4) is 0 Å². The molecule has 1 aromatic carbocycles. The fourth-order valence-corrected chi connectivity index (χ4v) is 3.98. The van der Waals surface area contributed by atoms with Crippen molar-refractivity contribution in [3.8, 4) is 0 Å². The van der Waals surface area contributed by atoms with Crippen LogP contribution in [-0.4, -0.2) is 30.4 Å². The molecule has 1 aromatic heterocycles.